The molecule has 3 rings (SSSR count). The van der Waals surface area contributed by atoms with Crippen LogP contribution in [0.25, 0.3) is 0 Å². The van der Waals surface area contributed by atoms with Gasteiger partial charge in [0.05, 0.1) is 5.41 Å². The summed E-state index contributed by atoms with van der Waals surface area (Å²) in [5, 5.41) is 9.43. The molecule has 0 saturated heterocycles. The van der Waals surface area contributed by atoms with Gasteiger partial charge in [0, 0.05) is 18.8 Å². The third-order valence-corrected chi connectivity index (χ3v) is 4.51. The van der Waals surface area contributed by atoms with Crippen molar-refractivity contribution in [2.45, 2.75) is 38.5 Å². The lowest BCUT2D eigenvalue weighted by Gasteiger charge is -2.24. The molecule has 0 amide bonds. The van der Waals surface area contributed by atoms with Gasteiger partial charge in [-0.3, -0.25) is 4.79 Å². The van der Waals surface area contributed by atoms with Gasteiger partial charge in [-0.25, -0.2) is 0 Å². The Bertz CT molecular complexity index is 517. The van der Waals surface area contributed by atoms with Crippen LogP contribution >= 0.6 is 0 Å². The van der Waals surface area contributed by atoms with Gasteiger partial charge in [-0.2, -0.15) is 0 Å². The molecule has 2 aliphatic rings. The van der Waals surface area contributed by atoms with Crippen molar-refractivity contribution in [1.29, 1.82) is 0 Å². The number of carbonyl (C=O) groups is 1. The number of aliphatic carboxylic acids is 1. The first-order valence-electron chi connectivity index (χ1n) is 7.11. The van der Waals surface area contributed by atoms with Crippen LogP contribution in [-0.4, -0.2) is 24.2 Å². The number of anilines is 1. The van der Waals surface area contributed by atoms with E-state index in [1.807, 2.05) is 12.1 Å². The molecule has 0 spiro atoms. The fourth-order valence-corrected chi connectivity index (χ4v) is 3.00. The fourth-order valence-electron chi connectivity index (χ4n) is 3.00. The van der Waals surface area contributed by atoms with Crippen molar-refractivity contribution in [3.8, 4) is 0 Å². The molecule has 0 bridgehead atoms. The van der Waals surface area contributed by atoms with Gasteiger partial charge in [-0.05, 0) is 56.2 Å². The minimum Gasteiger partial charge on any atom is -0.481 e. The molecule has 3 heteroatoms. The van der Waals surface area contributed by atoms with Crippen LogP contribution in [0, 0.1) is 5.92 Å². The van der Waals surface area contributed by atoms with Gasteiger partial charge in [0.2, 0.25) is 0 Å². The standard InChI is InChI=1S/C16H21NO2/c1-16(2,15(18)19)13-4-3-5-14-12(13)8-9-17(14)10-11-6-7-11/h3-5,11H,6-10H2,1-2H3,(H,18,19). The van der Waals surface area contributed by atoms with Crippen LogP contribution in [0.15, 0.2) is 18.2 Å². The van der Waals surface area contributed by atoms with Crippen LogP contribution in [0.1, 0.15) is 37.8 Å². The SMILES string of the molecule is CC(C)(C(=O)O)c1cccc2c1CCN2CC1CC1. The van der Waals surface area contributed by atoms with Gasteiger partial charge in [0.25, 0.3) is 0 Å². The zero-order chi connectivity index (χ0) is 13.6. The smallest absolute Gasteiger partial charge is 0.313 e. The Morgan fingerprint density at radius 1 is 1.42 bits per heavy atom. The maximum absolute atomic E-state index is 11.5. The lowest BCUT2D eigenvalue weighted by molar-refractivity contribution is -0.142. The van der Waals surface area contributed by atoms with E-state index >= 15 is 0 Å². The van der Waals surface area contributed by atoms with Crippen molar-refractivity contribution >= 4 is 11.7 Å². The molecule has 1 aliphatic heterocycles. The summed E-state index contributed by atoms with van der Waals surface area (Å²) in [7, 11) is 0. The number of carboxylic acid groups (broad SMARTS) is 1. The maximum Gasteiger partial charge on any atom is 0.313 e. The van der Waals surface area contributed by atoms with Crippen molar-refractivity contribution in [3.05, 3.63) is 29.3 Å². The summed E-state index contributed by atoms with van der Waals surface area (Å²) < 4.78 is 0. The Hall–Kier alpha value is -1.51. The molecule has 0 unspecified atom stereocenters. The van der Waals surface area contributed by atoms with Gasteiger partial charge in [0.15, 0.2) is 0 Å². The zero-order valence-corrected chi connectivity index (χ0v) is 11.6. The predicted molar refractivity (Wildman–Crippen MR) is 75.7 cm³/mol. The minimum absolute atomic E-state index is 0.749. The van der Waals surface area contributed by atoms with Crippen LogP contribution in [0.5, 0.6) is 0 Å². The van der Waals surface area contributed by atoms with Crippen molar-refractivity contribution in [2.24, 2.45) is 5.92 Å². The van der Waals surface area contributed by atoms with Crippen molar-refractivity contribution in [1.82, 2.24) is 0 Å². The quantitative estimate of drug-likeness (QED) is 0.904. The van der Waals surface area contributed by atoms with E-state index in [1.165, 1.54) is 24.1 Å². The average molecular weight is 259 g/mol. The van der Waals surface area contributed by atoms with Gasteiger partial charge in [-0.1, -0.05) is 12.1 Å². The lowest BCUT2D eigenvalue weighted by atomic mass is 9.81. The summed E-state index contributed by atoms with van der Waals surface area (Å²) in [6.45, 7) is 5.78. The molecule has 1 aliphatic carbocycles. The summed E-state index contributed by atoms with van der Waals surface area (Å²) >= 11 is 0. The highest BCUT2D eigenvalue weighted by atomic mass is 16.4. The normalized spacial score (nSPS) is 18.5. The highest BCUT2D eigenvalue weighted by Crippen LogP contribution is 2.39. The van der Waals surface area contributed by atoms with E-state index in [0.29, 0.717) is 0 Å². The van der Waals surface area contributed by atoms with Crippen molar-refractivity contribution in [3.63, 3.8) is 0 Å². The monoisotopic (exact) mass is 259 g/mol. The van der Waals surface area contributed by atoms with E-state index in [1.54, 1.807) is 13.8 Å². The van der Waals surface area contributed by atoms with E-state index in [4.69, 9.17) is 0 Å². The molecule has 0 atom stereocenters. The molecule has 0 radical (unpaired) electrons. The molecule has 3 nitrogen and oxygen atoms in total. The second kappa shape index (κ2) is 4.26. The first-order valence-corrected chi connectivity index (χ1v) is 7.11. The molecule has 102 valence electrons. The molecular weight excluding hydrogens is 238 g/mol. The Morgan fingerprint density at radius 2 is 2.16 bits per heavy atom. The van der Waals surface area contributed by atoms with Crippen LogP contribution in [-0.2, 0) is 16.6 Å². The Labute approximate surface area is 114 Å². The summed E-state index contributed by atoms with van der Waals surface area (Å²) in [6.07, 6.45) is 3.69. The van der Waals surface area contributed by atoms with Gasteiger partial charge in [-0.15, -0.1) is 0 Å². The fraction of sp³-hybridized carbons (Fsp3) is 0.562. The Balaban J connectivity index is 1.96. The second-order valence-electron chi connectivity index (χ2n) is 6.37. The number of hydrogen-bond acceptors (Lipinski definition) is 2. The average Bonchev–Trinajstić information content (AvgIpc) is 3.09. The highest BCUT2D eigenvalue weighted by Gasteiger charge is 2.35. The number of fused-ring (bicyclic) bond motifs is 1. The van der Waals surface area contributed by atoms with Crippen LogP contribution in [0.4, 0.5) is 5.69 Å². The van der Waals surface area contributed by atoms with Crippen LogP contribution in [0.3, 0.4) is 0 Å². The van der Waals surface area contributed by atoms with Crippen molar-refractivity contribution < 1.29 is 9.90 Å². The van der Waals surface area contributed by atoms with Gasteiger partial charge < -0.3 is 10.0 Å². The number of benzene rings is 1. The molecule has 0 aromatic heterocycles. The summed E-state index contributed by atoms with van der Waals surface area (Å²) in [5.41, 5.74) is 2.69. The molecule has 1 fully saturated rings. The number of nitrogens with zero attached hydrogens (tertiary/aromatic N) is 1. The summed E-state index contributed by atoms with van der Waals surface area (Å²) in [4.78, 5) is 13.9. The first kappa shape index (κ1) is 12.5. The predicted octanol–water partition coefficient (Wildman–Crippen LogP) is 2.82. The van der Waals surface area contributed by atoms with E-state index in [2.05, 4.69) is 11.0 Å². The molecule has 1 saturated carbocycles. The molecular formula is C16H21NO2. The van der Waals surface area contributed by atoms with E-state index in [-0.39, 0.29) is 0 Å². The van der Waals surface area contributed by atoms with E-state index in [0.717, 1.165) is 31.0 Å². The Kier molecular flexibility index (Phi) is 2.80. The largest absolute Gasteiger partial charge is 0.481 e. The molecule has 1 heterocycles. The van der Waals surface area contributed by atoms with Gasteiger partial charge >= 0.3 is 5.97 Å². The van der Waals surface area contributed by atoms with Crippen LogP contribution < -0.4 is 4.90 Å². The topological polar surface area (TPSA) is 40.5 Å². The maximum atomic E-state index is 11.5. The van der Waals surface area contributed by atoms with E-state index < -0.39 is 11.4 Å². The summed E-state index contributed by atoms with van der Waals surface area (Å²) in [6, 6.07) is 6.13. The van der Waals surface area contributed by atoms with Crippen LogP contribution in [0.2, 0.25) is 0 Å². The highest BCUT2D eigenvalue weighted by molar-refractivity contribution is 5.82. The molecule has 1 aromatic carbocycles. The Morgan fingerprint density at radius 3 is 2.79 bits per heavy atom. The molecule has 1 N–H and O–H groups in total. The zero-order valence-electron chi connectivity index (χ0n) is 11.6. The molecule has 19 heavy (non-hydrogen) atoms. The lowest BCUT2D eigenvalue weighted by Crippen LogP contribution is -2.29. The third-order valence-electron chi connectivity index (χ3n) is 4.51. The number of carboxylic acids is 1. The number of hydrogen-bond donors (Lipinski definition) is 1. The summed E-state index contributed by atoms with van der Waals surface area (Å²) in [5.74, 6) is 0.114. The van der Waals surface area contributed by atoms with Crippen molar-refractivity contribution in [2.75, 3.05) is 18.0 Å². The molecule has 1 aromatic rings. The third kappa shape index (κ3) is 2.11. The minimum atomic E-state index is -0.805. The van der Waals surface area contributed by atoms with E-state index in [9.17, 15) is 9.90 Å². The first-order chi connectivity index (χ1) is 9.00. The second-order valence-corrected chi connectivity index (χ2v) is 6.37. The number of rotatable bonds is 4. The van der Waals surface area contributed by atoms with Gasteiger partial charge in [0.1, 0.15) is 0 Å².